The molecule has 0 atom stereocenters. The summed E-state index contributed by atoms with van der Waals surface area (Å²) in [6.07, 6.45) is 4.09. The van der Waals surface area contributed by atoms with Crippen LogP contribution >= 0.6 is 0 Å². The average molecular weight is 207 g/mol. The standard InChI is InChI=1S/C14H25N/c1-5-13-7-11-15(12-8-13)10-6-9-14(2,3)4/h13H,5,7-8,10-12H2,1-4H3. The first-order valence-corrected chi connectivity index (χ1v) is 6.23. The van der Waals surface area contributed by atoms with E-state index < -0.39 is 0 Å². The van der Waals surface area contributed by atoms with Crippen LogP contribution in [0.1, 0.15) is 47.0 Å². The van der Waals surface area contributed by atoms with E-state index in [0.717, 1.165) is 12.5 Å². The van der Waals surface area contributed by atoms with Crippen molar-refractivity contribution in [2.24, 2.45) is 11.3 Å². The monoisotopic (exact) mass is 207 g/mol. The minimum absolute atomic E-state index is 0.155. The first-order chi connectivity index (χ1) is 7.01. The largest absolute Gasteiger partial charge is 0.292 e. The maximum absolute atomic E-state index is 3.30. The van der Waals surface area contributed by atoms with Gasteiger partial charge in [-0.25, -0.2) is 0 Å². The SMILES string of the molecule is CCC1CCN(CC#CC(C)(C)C)CC1. The van der Waals surface area contributed by atoms with E-state index in [2.05, 4.69) is 44.4 Å². The van der Waals surface area contributed by atoms with Crippen molar-refractivity contribution in [3.8, 4) is 11.8 Å². The molecule has 1 aliphatic rings. The van der Waals surface area contributed by atoms with Crippen LogP contribution in [0.15, 0.2) is 0 Å². The van der Waals surface area contributed by atoms with E-state index in [4.69, 9.17) is 0 Å². The van der Waals surface area contributed by atoms with Crippen LogP contribution in [0.5, 0.6) is 0 Å². The van der Waals surface area contributed by atoms with Gasteiger partial charge in [0.15, 0.2) is 0 Å². The van der Waals surface area contributed by atoms with Gasteiger partial charge >= 0.3 is 0 Å². The molecule has 0 radical (unpaired) electrons. The molecular weight excluding hydrogens is 182 g/mol. The van der Waals surface area contributed by atoms with Crippen molar-refractivity contribution < 1.29 is 0 Å². The zero-order valence-corrected chi connectivity index (χ0v) is 10.8. The third-order valence-corrected chi connectivity index (χ3v) is 3.05. The molecule has 1 rings (SSSR count). The molecule has 0 aromatic carbocycles. The van der Waals surface area contributed by atoms with E-state index in [1.54, 1.807) is 0 Å². The highest BCUT2D eigenvalue weighted by Gasteiger charge is 2.16. The third kappa shape index (κ3) is 5.23. The van der Waals surface area contributed by atoms with Crippen molar-refractivity contribution in [1.29, 1.82) is 0 Å². The Morgan fingerprint density at radius 2 is 1.80 bits per heavy atom. The molecule has 0 aliphatic carbocycles. The molecule has 0 aromatic rings. The fourth-order valence-electron chi connectivity index (χ4n) is 1.97. The van der Waals surface area contributed by atoms with Gasteiger partial charge in [0.2, 0.25) is 0 Å². The first-order valence-electron chi connectivity index (χ1n) is 6.23. The molecule has 0 aromatic heterocycles. The second-order valence-electron chi connectivity index (χ2n) is 5.68. The van der Waals surface area contributed by atoms with Crippen LogP contribution in [0.4, 0.5) is 0 Å². The molecule has 0 spiro atoms. The number of hydrogen-bond donors (Lipinski definition) is 0. The number of likely N-dealkylation sites (tertiary alicyclic amines) is 1. The van der Waals surface area contributed by atoms with Gasteiger partial charge in [-0.3, -0.25) is 4.90 Å². The lowest BCUT2D eigenvalue weighted by Gasteiger charge is -2.29. The van der Waals surface area contributed by atoms with Crippen LogP contribution < -0.4 is 0 Å². The molecule has 0 saturated carbocycles. The highest BCUT2D eigenvalue weighted by molar-refractivity contribution is 5.08. The zero-order valence-electron chi connectivity index (χ0n) is 10.8. The minimum atomic E-state index is 0.155. The highest BCUT2D eigenvalue weighted by atomic mass is 15.1. The lowest BCUT2D eigenvalue weighted by atomic mass is 9.94. The number of hydrogen-bond acceptors (Lipinski definition) is 1. The third-order valence-electron chi connectivity index (χ3n) is 3.05. The van der Waals surface area contributed by atoms with Gasteiger partial charge in [-0.05, 0) is 52.6 Å². The number of piperidine rings is 1. The summed E-state index contributed by atoms with van der Waals surface area (Å²) in [6.45, 7) is 12.3. The van der Waals surface area contributed by atoms with Crippen molar-refractivity contribution in [3.05, 3.63) is 0 Å². The molecule has 15 heavy (non-hydrogen) atoms. The van der Waals surface area contributed by atoms with Gasteiger partial charge in [0, 0.05) is 5.41 Å². The van der Waals surface area contributed by atoms with Crippen molar-refractivity contribution in [1.82, 2.24) is 4.90 Å². The van der Waals surface area contributed by atoms with E-state index in [-0.39, 0.29) is 5.41 Å². The lowest BCUT2D eigenvalue weighted by Crippen LogP contribution is -2.33. The Bertz CT molecular complexity index is 230. The summed E-state index contributed by atoms with van der Waals surface area (Å²) < 4.78 is 0. The average Bonchev–Trinajstić information content (AvgIpc) is 2.17. The Morgan fingerprint density at radius 1 is 1.20 bits per heavy atom. The Morgan fingerprint density at radius 3 is 2.27 bits per heavy atom. The minimum Gasteiger partial charge on any atom is -0.292 e. The molecule has 0 unspecified atom stereocenters. The maximum atomic E-state index is 3.30. The van der Waals surface area contributed by atoms with E-state index in [9.17, 15) is 0 Å². The summed E-state index contributed by atoms with van der Waals surface area (Å²) >= 11 is 0. The smallest absolute Gasteiger partial charge is 0.0601 e. The van der Waals surface area contributed by atoms with Gasteiger partial charge in [0.25, 0.3) is 0 Å². The Hall–Kier alpha value is -0.480. The Balaban J connectivity index is 2.26. The van der Waals surface area contributed by atoms with E-state index >= 15 is 0 Å². The molecule has 86 valence electrons. The molecule has 1 nitrogen and oxygen atoms in total. The Kier molecular flexibility index (Phi) is 4.67. The van der Waals surface area contributed by atoms with E-state index in [1.165, 1.54) is 32.4 Å². The lowest BCUT2D eigenvalue weighted by molar-refractivity contribution is 0.200. The van der Waals surface area contributed by atoms with Gasteiger partial charge in [-0.15, -0.1) is 0 Å². The van der Waals surface area contributed by atoms with Crippen molar-refractivity contribution in [2.45, 2.75) is 47.0 Å². The number of nitrogens with zero attached hydrogens (tertiary/aromatic N) is 1. The quantitative estimate of drug-likeness (QED) is 0.629. The normalized spacial score (nSPS) is 19.7. The fourth-order valence-corrected chi connectivity index (χ4v) is 1.97. The van der Waals surface area contributed by atoms with Crippen LogP contribution in [0, 0.1) is 23.2 Å². The Labute approximate surface area is 95.2 Å². The van der Waals surface area contributed by atoms with Crippen LogP contribution in [-0.2, 0) is 0 Å². The van der Waals surface area contributed by atoms with Gasteiger partial charge in [0.05, 0.1) is 6.54 Å². The van der Waals surface area contributed by atoms with E-state index in [0.29, 0.717) is 0 Å². The first kappa shape index (κ1) is 12.6. The second-order valence-corrected chi connectivity index (χ2v) is 5.68. The molecule has 1 fully saturated rings. The van der Waals surface area contributed by atoms with Gasteiger partial charge < -0.3 is 0 Å². The van der Waals surface area contributed by atoms with Crippen LogP contribution in [0.25, 0.3) is 0 Å². The summed E-state index contributed by atoms with van der Waals surface area (Å²) in [7, 11) is 0. The highest BCUT2D eigenvalue weighted by Crippen LogP contribution is 2.19. The molecule has 0 N–H and O–H groups in total. The van der Waals surface area contributed by atoms with E-state index in [1.807, 2.05) is 0 Å². The van der Waals surface area contributed by atoms with Crippen molar-refractivity contribution >= 4 is 0 Å². The maximum Gasteiger partial charge on any atom is 0.0601 e. The molecule has 1 aliphatic heterocycles. The summed E-state index contributed by atoms with van der Waals surface area (Å²) in [5, 5.41) is 0. The van der Waals surface area contributed by atoms with Crippen molar-refractivity contribution in [3.63, 3.8) is 0 Å². The predicted molar refractivity (Wildman–Crippen MR) is 66.7 cm³/mol. The molecular formula is C14H25N. The van der Waals surface area contributed by atoms with Crippen molar-refractivity contribution in [2.75, 3.05) is 19.6 Å². The summed E-state index contributed by atoms with van der Waals surface area (Å²) in [5.74, 6) is 7.58. The summed E-state index contributed by atoms with van der Waals surface area (Å²) in [5.41, 5.74) is 0.155. The summed E-state index contributed by atoms with van der Waals surface area (Å²) in [6, 6.07) is 0. The molecule has 0 amide bonds. The van der Waals surface area contributed by atoms with Crippen LogP contribution in [-0.4, -0.2) is 24.5 Å². The molecule has 1 saturated heterocycles. The topological polar surface area (TPSA) is 3.24 Å². The molecule has 0 bridgehead atoms. The predicted octanol–water partition coefficient (Wildman–Crippen LogP) is 3.16. The van der Waals surface area contributed by atoms with Crippen LogP contribution in [0.3, 0.4) is 0 Å². The molecule has 1 heteroatoms. The van der Waals surface area contributed by atoms with Crippen LogP contribution in [0.2, 0.25) is 0 Å². The van der Waals surface area contributed by atoms with Gasteiger partial charge in [0.1, 0.15) is 0 Å². The fraction of sp³-hybridized carbons (Fsp3) is 0.857. The van der Waals surface area contributed by atoms with Gasteiger partial charge in [-0.2, -0.15) is 0 Å². The second kappa shape index (κ2) is 5.56. The number of rotatable bonds is 2. The zero-order chi connectivity index (χ0) is 11.3. The summed E-state index contributed by atoms with van der Waals surface area (Å²) in [4.78, 5) is 2.49. The van der Waals surface area contributed by atoms with Gasteiger partial charge in [-0.1, -0.05) is 25.2 Å². The molecule has 1 heterocycles.